The molecule has 0 aliphatic carbocycles. The Kier molecular flexibility index (Phi) is 5.15. The number of piperidine rings is 1. The number of hydrogen-bond acceptors (Lipinski definition) is 4. The number of H-pyrrole nitrogens is 1. The number of ether oxygens (including phenoxy) is 1. The highest BCUT2D eigenvalue weighted by Crippen LogP contribution is 2.15. The van der Waals surface area contributed by atoms with Gasteiger partial charge in [0.1, 0.15) is 12.4 Å². The lowest BCUT2D eigenvalue weighted by atomic mass is 10.1. The molecule has 8 heteroatoms. The predicted molar refractivity (Wildman–Crippen MR) is 73.6 cm³/mol. The molecule has 0 unspecified atom stereocenters. The number of carboxylic acid groups (broad SMARTS) is 1. The molecule has 2 rings (SSSR count). The molecular formula is C13H20N4O4. The maximum atomic E-state index is 12.3. The average molecular weight is 296 g/mol. The number of rotatable bonds is 5. The molecule has 0 atom stereocenters. The largest absolute Gasteiger partial charge is 0.480 e. The number of carbonyl (C=O) groups excluding carboxylic acids is 1. The van der Waals surface area contributed by atoms with Crippen molar-refractivity contribution in [1.82, 2.24) is 19.8 Å². The minimum atomic E-state index is -0.966. The third-order valence-corrected chi connectivity index (χ3v) is 3.42. The van der Waals surface area contributed by atoms with E-state index in [4.69, 9.17) is 9.84 Å². The SMILES string of the molecule is CN(Cc1ncc[nH]1)C(=O)N1CCC(OCC(=O)O)CC1. The van der Waals surface area contributed by atoms with E-state index in [1.54, 1.807) is 29.2 Å². The minimum absolute atomic E-state index is 0.0527. The minimum Gasteiger partial charge on any atom is -0.480 e. The number of aliphatic carboxylic acids is 1. The van der Waals surface area contributed by atoms with Gasteiger partial charge in [0.05, 0.1) is 12.6 Å². The Hall–Kier alpha value is -2.09. The van der Waals surface area contributed by atoms with Gasteiger partial charge in [-0.25, -0.2) is 14.6 Å². The fourth-order valence-electron chi connectivity index (χ4n) is 2.32. The van der Waals surface area contributed by atoms with Gasteiger partial charge in [-0.2, -0.15) is 0 Å². The Morgan fingerprint density at radius 1 is 1.52 bits per heavy atom. The molecule has 21 heavy (non-hydrogen) atoms. The van der Waals surface area contributed by atoms with E-state index in [2.05, 4.69) is 9.97 Å². The van der Waals surface area contributed by atoms with Gasteiger partial charge in [0, 0.05) is 32.5 Å². The number of urea groups is 1. The van der Waals surface area contributed by atoms with Crippen LogP contribution >= 0.6 is 0 Å². The van der Waals surface area contributed by atoms with E-state index < -0.39 is 5.97 Å². The van der Waals surface area contributed by atoms with Gasteiger partial charge in [-0.1, -0.05) is 0 Å². The van der Waals surface area contributed by atoms with Crippen molar-refractivity contribution in [3.8, 4) is 0 Å². The van der Waals surface area contributed by atoms with Gasteiger partial charge >= 0.3 is 12.0 Å². The number of hydrogen-bond donors (Lipinski definition) is 2. The zero-order valence-electron chi connectivity index (χ0n) is 12.0. The second-order valence-electron chi connectivity index (χ2n) is 5.07. The Labute approximate surface area is 122 Å². The van der Waals surface area contributed by atoms with Crippen LogP contribution in [-0.2, 0) is 16.1 Å². The molecule has 2 N–H and O–H groups in total. The van der Waals surface area contributed by atoms with E-state index in [-0.39, 0.29) is 18.7 Å². The van der Waals surface area contributed by atoms with Crippen LogP contribution in [-0.4, -0.2) is 69.7 Å². The first kappa shape index (κ1) is 15.3. The predicted octanol–water partition coefficient (Wildman–Crippen LogP) is 0.527. The van der Waals surface area contributed by atoms with Gasteiger partial charge in [0.2, 0.25) is 0 Å². The molecule has 0 spiro atoms. The number of aromatic nitrogens is 2. The molecule has 2 amide bonds. The summed E-state index contributed by atoms with van der Waals surface area (Å²) in [6.45, 7) is 1.30. The number of nitrogens with zero attached hydrogens (tertiary/aromatic N) is 3. The molecule has 1 aromatic rings. The van der Waals surface area contributed by atoms with E-state index in [0.29, 0.717) is 32.5 Å². The zero-order chi connectivity index (χ0) is 15.2. The fraction of sp³-hybridized carbons (Fsp3) is 0.615. The number of imidazole rings is 1. The molecule has 1 aromatic heterocycles. The molecular weight excluding hydrogens is 276 g/mol. The Bertz CT molecular complexity index is 469. The van der Waals surface area contributed by atoms with E-state index in [9.17, 15) is 9.59 Å². The van der Waals surface area contributed by atoms with Gasteiger partial charge in [-0.3, -0.25) is 0 Å². The van der Waals surface area contributed by atoms with Crippen molar-refractivity contribution in [2.45, 2.75) is 25.5 Å². The van der Waals surface area contributed by atoms with Crippen LogP contribution in [0.25, 0.3) is 0 Å². The number of aromatic amines is 1. The summed E-state index contributed by atoms with van der Waals surface area (Å²) in [5, 5.41) is 8.57. The molecule has 0 aromatic carbocycles. The van der Waals surface area contributed by atoms with Crippen LogP contribution in [0.1, 0.15) is 18.7 Å². The van der Waals surface area contributed by atoms with Crippen molar-refractivity contribution in [1.29, 1.82) is 0 Å². The highest BCUT2D eigenvalue weighted by molar-refractivity contribution is 5.74. The van der Waals surface area contributed by atoms with Gasteiger partial charge in [-0.15, -0.1) is 0 Å². The lowest BCUT2D eigenvalue weighted by Crippen LogP contribution is -2.46. The third kappa shape index (κ3) is 4.45. The number of nitrogens with one attached hydrogen (secondary N) is 1. The number of amides is 2. The summed E-state index contributed by atoms with van der Waals surface area (Å²) >= 11 is 0. The summed E-state index contributed by atoms with van der Waals surface area (Å²) in [4.78, 5) is 33.1. The summed E-state index contributed by atoms with van der Waals surface area (Å²) in [5.41, 5.74) is 0. The van der Waals surface area contributed by atoms with Crippen molar-refractivity contribution in [2.75, 3.05) is 26.7 Å². The second-order valence-corrected chi connectivity index (χ2v) is 5.07. The number of carbonyl (C=O) groups is 2. The first-order valence-electron chi connectivity index (χ1n) is 6.88. The van der Waals surface area contributed by atoms with Crippen molar-refractivity contribution < 1.29 is 19.4 Å². The fourth-order valence-corrected chi connectivity index (χ4v) is 2.32. The molecule has 1 saturated heterocycles. The summed E-state index contributed by atoms with van der Waals surface area (Å²) < 4.78 is 5.25. The smallest absolute Gasteiger partial charge is 0.329 e. The summed E-state index contributed by atoms with van der Waals surface area (Å²) in [7, 11) is 1.73. The van der Waals surface area contributed by atoms with Gasteiger partial charge < -0.3 is 24.6 Å². The molecule has 0 saturated carbocycles. The van der Waals surface area contributed by atoms with Crippen LogP contribution in [0, 0.1) is 0 Å². The van der Waals surface area contributed by atoms with Crippen LogP contribution in [0.5, 0.6) is 0 Å². The topological polar surface area (TPSA) is 98.8 Å². The van der Waals surface area contributed by atoms with Crippen molar-refractivity contribution in [2.24, 2.45) is 0 Å². The Balaban J connectivity index is 1.76. The first-order valence-corrected chi connectivity index (χ1v) is 6.88. The van der Waals surface area contributed by atoms with E-state index in [1.165, 1.54) is 0 Å². The summed E-state index contributed by atoms with van der Waals surface area (Å²) in [6, 6.07) is -0.0527. The molecule has 2 heterocycles. The third-order valence-electron chi connectivity index (χ3n) is 3.42. The van der Waals surface area contributed by atoms with Gasteiger partial charge in [0.15, 0.2) is 0 Å². The standard InChI is InChI=1S/C13H20N4O4/c1-16(8-11-14-4-5-15-11)13(20)17-6-2-10(3-7-17)21-9-12(18)19/h4-5,10H,2-3,6-9H2,1H3,(H,14,15)(H,18,19). The van der Waals surface area contributed by atoms with E-state index in [1.807, 2.05) is 0 Å². The van der Waals surface area contributed by atoms with Gasteiger partial charge in [0.25, 0.3) is 0 Å². The van der Waals surface area contributed by atoms with Crippen LogP contribution < -0.4 is 0 Å². The first-order chi connectivity index (χ1) is 10.1. The number of likely N-dealkylation sites (tertiary alicyclic amines) is 1. The molecule has 8 nitrogen and oxygen atoms in total. The molecule has 1 fully saturated rings. The zero-order valence-corrected chi connectivity index (χ0v) is 12.0. The van der Waals surface area contributed by atoms with Crippen molar-refractivity contribution in [3.63, 3.8) is 0 Å². The maximum Gasteiger partial charge on any atom is 0.329 e. The Morgan fingerprint density at radius 2 is 2.24 bits per heavy atom. The monoisotopic (exact) mass is 296 g/mol. The molecule has 1 aliphatic rings. The van der Waals surface area contributed by atoms with Crippen LogP contribution in [0.2, 0.25) is 0 Å². The van der Waals surface area contributed by atoms with Crippen LogP contribution in [0.15, 0.2) is 12.4 Å². The molecule has 1 aliphatic heterocycles. The summed E-state index contributed by atoms with van der Waals surface area (Å²) in [6.07, 6.45) is 4.61. The van der Waals surface area contributed by atoms with Crippen LogP contribution in [0.4, 0.5) is 4.79 Å². The highest BCUT2D eigenvalue weighted by atomic mass is 16.5. The quantitative estimate of drug-likeness (QED) is 0.825. The normalized spacial score (nSPS) is 16.0. The van der Waals surface area contributed by atoms with Crippen molar-refractivity contribution in [3.05, 3.63) is 18.2 Å². The van der Waals surface area contributed by atoms with E-state index in [0.717, 1.165) is 5.82 Å². The molecule has 116 valence electrons. The second kappa shape index (κ2) is 7.07. The number of carboxylic acids is 1. The van der Waals surface area contributed by atoms with Crippen LogP contribution in [0.3, 0.4) is 0 Å². The molecule has 0 radical (unpaired) electrons. The molecule has 0 bridgehead atoms. The van der Waals surface area contributed by atoms with E-state index >= 15 is 0 Å². The lowest BCUT2D eigenvalue weighted by molar-refractivity contribution is -0.145. The highest BCUT2D eigenvalue weighted by Gasteiger charge is 2.25. The Morgan fingerprint density at radius 3 is 2.81 bits per heavy atom. The maximum absolute atomic E-state index is 12.3. The van der Waals surface area contributed by atoms with Gasteiger partial charge in [-0.05, 0) is 12.8 Å². The lowest BCUT2D eigenvalue weighted by Gasteiger charge is -2.34. The average Bonchev–Trinajstić information content (AvgIpc) is 2.97. The summed E-state index contributed by atoms with van der Waals surface area (Å²) in [5.74, 6) is -0.225. The van der Waals surface area contributed by atoms with Crippen molar-refractivity contribution >= 4 is 12.0 Å².